The summed E-state index contributed by atoms with van der Waals surface area (Å²) in [5.41, 5.74) is 2.06. The summed E-state index contributed by atoms with van der Waals surface area (Å²) < 4.78 is 4.93. The molecule has 5 nitrogen and oxygen atoms in total. The zero-order valence-corrected chi connectivity index (χ0v) is 14.1. The first kappa shape index (κ1) is 16.6. The first-order valence-corrected chi connectivity index (χ1v) is 8.06. The fraction of sp³-hybridized carbons (Fsp3) is 0.176. The lowest BCUT2D eigenvalue weighted by Gasteiger charge is -2.14. The number of nitrogens with one attached hydrogen (secondary N) is 1. The van der Waals surface area contributed by atoms with Crippen molar-refractivity contribution in [3.63, 3.8) is 0 Å². The van der Waals surface area contributed by atoms with E-state index in [-0.39, 0.29) is 12.0 Å². The van der Waals surface area contributed by atoms with Crippen LogP contribution < -0.4 is 10.2 Å². The normalized spacial score (nSPS) is 13.8. The van der Waals surface area contributed by atoms with Gasteiger partial charge >= 0.3 is 6.09 Å². The van der Waals surface area contributed by atoms with Gasteiger partial charge in [-0.15, -0.1) is 0 Å². The van der Waals surface area contributed by atoms with Crippen LogP contribution in [-0.2, 0) is 11.3 Å². The number of nitrogens with zero attached hydrogens (tertiary/aromatic N) is 1. The second-order valence-corrected chi connectivity index (χ2v) is 6.06. The zero-order chi connectivity index (χ0) is 17.1. The number of hydrogen-bond donors (Lipinski definition) is 1. The monoisotopic (exact) mass is 364 g/mol. The minimum absolute atomic E-state index is 0.250. The van der Waals surface area contributed by atoms with Gasteiger partial charge < -0.3 is 10.1 Å². The lowest BCUT2D eigenvalue weighted by atomic mass is 10.1. The summed E-state index contributed by atoms with van der Waals surface area (Å²) in [6, 6.07) is 12.1. The molecule has 1 N–H and O–H groups in total. The van der Waals surface area contributed by atoms with E-state index >= 15 is 0 Å². The molecule has 1 saturated heterocycles. The van der Waals surface area contributed by atoms with E-state index in [1.54, 1.807) is 17.0 Å². The van der Waals surface area contributed by atoms with E-state index in [1.165, 1.54) is 6.07 Å². The highest BCUT2D eigenvalue weighted by molar-refractivity contribution is 6.42. The summed E-state index contributed by atoms with van der Waals surface area (Å²) >= 11 is 11.8. The molecular weight excluding hydrogens is 351 g/mol. The van der Waals surface area contributed by atoms with Gasteiger partial charge in [0.2, 0.25) is 0 Å². The third-order valence-electron chi connectivity index (χ3n) is 3.62. The van der Waals surface area contributed by atoms with Crippen LogP contribution in [0.2, 0.25) is 10.0 Å². The van der Waals surface area contributed by atoms with E-state index in [0.717, 1.165) is 11.3 Å². The second kappa shape index (κ2) is 7.11. The highest BCUT2D eigenvalue weighted by Gasteiger charge is 2.23. The Morgan fingerprint density at radius 1 is 1.17 bits per heavy atom. The Morgan fingerprint density at radius 3 is 2.71 bits per heavy atom. The number of halogens is 2. The minimum atomic E-state index is -0.355. The van der Waals surface area contributed by atoms with Crippen molar-refractivity contribution in [1.29, 1.82) is 0 Å². The Morgan fingerprint density at radius 2 is 2.00 bits per heavy atom. The van der Waals surface area contributed by atoms with Gasteiger partial charge in [0.25, 0.3) is 5.91 Å². The quantitative estimate of drug-likeness (QED) is 0.895. The van der Waals surface area contributed by atoms with Crippen LogP contribution in [0.4, 0.5) is 10.5 Å². The molecule has 0 aromatic heterocycles. The van der Waals surface area contributed by atoms with Crippen LogP contribution in [0.1, 0.15) is 15.9 Å². The van der Waals surface area contributed by atoms with Crippen LogP contribution in [-0.4, -0.2) is 25.2 Å². The van der Waals surface area contributed by atoms with Gasteiger partial charge in [-0.25, -0.2) is 4.79 Å². The number of carbonyl (C=O) groups is 2. The average molecular weight is 365 g/mol. The summed E-state index contributed by atoms with van der Waals surface area (Å²) in [5, 5.41) is 3.55. The van der Waals surface area contributed by atoms with Gasteiger partial charge in [0.05, 0.1) is 16.6 Å². The van der Waals surface area contributed by atoms with Crippen molar-refractivity contribution < 1.29 is 14.3 Å². The molecule has 1 aliphatic rings. The predicted octanol–water partition coefficient (Wildman–Crippen LogP) is 3.88. The maximum absolute atomic E-state index is 12.2. The molecule has 3 rings (SSSR count). The second-order valence-electron chi connectivity index (χ2n) is 5.25. The van der Waals surface area contributed by atoms with Crippen molar-refractivity contribution in [1.82, 2.24) is 5.32 Å². The van der Waals surface area contributed by atoms with Gasteiger partial charge in [0.1, 0.15) is 6.61 Å². The molecule has 0 bridgehead atoms. The summed E-state index contributed by atoms with van der Waals surface area (Å²) in [7, 11) is 0. The Labute approximate surface area is 149 Å². The fourth-order valence-corrected chi connectivity index (χ4v) is 2.68. The smallest absolute Gasteiger partial charge is 0.414 e. The van der Waals surface area contributed by atoms with E-state index in [2.05, 4.69) is 5.32 Å². The number of ether oxygens (including phenoxy) is 1. The molecule has 1 heterocycles. The molecule has 7 heteroatoms. The molecule has 2 aromatic rings. The van der Waals surface area contributed by atoms with Crippen molar-refractivity contribution in [2.45, 2.75) is 6.54 Å². The van der Waals surface area contributed by atoms with E-state index in [1.807, 2.05) is 24.3 Å². The molecule has 0 atom stereocenters. The maximum Gasteiger partial charge on any atom is 0.414 e. The summed E-state index contributed by atoms with van der Waals surface area (Å²) in [4.78, 5) is 25.3. The SMILES string of the molecule is O=C(NCc1cccc(N2CCOC2=O)c1)c1ccc(Cl)c(Cl)c1. The Kier molecular flexibility index (Phi) is 4.92. The third-order valence-corrected chi connectivity index (χ3v) is 4.36. The van der Waals surface area contributed by atoms with Gasteiger partial charge in [-0.05, 0) is 35.9 Å². The maximum atomic E-state index is 12.2. The number of benzene rings is 2. The predicted molar refractivity (Wildman–Crippen MR) is 92.8 cm³/mol. The van der Waals surface area contributed by atoms with Gasteiger partial charge in [-0.2, -0.15) is 0 Å². The number of rotatable bonds is 4. The molecule has 0 radical (unpaired) electrons. The van der Waals surface area contributed by atoms with Crippen LogP contribution in [0.25, 0.3) is 0 Å². The zero-order valence-electron chi connectivity index (χ0n) is 12.6. The highest BCUT2D eigenvalue weighted by Crippen LogP contribution is 2.23. The Balaban J connectivity index is 1.67. The first-order valence-electron chi connectivity index (χ1n) is 7.31. The van der Waals surface area contributed by atoms with Crippen molar-refractivity contribution in [2.75, 3.05) is 18.1 Å². The molecule has 2 aromatic carbocycles. The third kappa shape index (κ3) is 3.63. The van der Waals surface area contributed by atoms with Gasteiger partial charge in [-0.1, -0.05) is 35.3 Å². The minimum Gasteiger partial charge on any atom is -0.447 e. The highest BCUT2D eigenvalue weighted by atomic mass is 35.5. The summed E-state index contributed by atoms with van der Waals surface area (Å²) in [6.07, 6.45) is -0.355. The van der Waals surface area contributed by atoms with E-state index in [4.69, 9.17) is 27.9 Å². The number of amides is 2. The van der Waals surface area contributed by atoms with Crippen molar-refractivity contribution in [2.24, 2.45) is 0 Å². The molecule has 24 heavy (non-hydrogen) atoms. The molecule has 0 saturated carbocycles. The number of anilines is 1. The molecule has 1 fully saturated rings. The van der Waals surface area contributed by atoms with Crippen LogP contribution in [0.3, 0.4) is 0 Å². The first-order chi connectivity index (χ1) is 11.5. The average Bonchev–Trinajstić information content (AvgIpc) is 3.01. The van der Waals surface area contributed by atoms with E-state index in [9.17, 15) is 9.59 Å². The molecule has 0 unspecified atom stereocenters. The van der Waals surface area contributed by atoms with Crippen LogP contribution in [0.5, 0.6) is 0 Å². The Hall–Kier alpha value is -2.24. The van der Waals surface area contributed by atoms with Gasteiger partial charge in [0, 0.05) is 17.8 Å². The molecule has 124 valence electrons. The van der Waals surface area contributed by atoms with Crippen molar-refractivity contribution in [3.8, 4) is 0 Å². The Bertz CT molecular complexity index is 795. The number of hydrogen-bond acceptors (Lipinski definition) is 3. The summed E-state index contributed by atoms with van der Waals surface area (Å²) in [6.45, 7) is 1.24. The largest absolute Gasteiger partial charge is 0.447 e. The molecule has 1 aliphatic heterocycles. The van der Waals surface area contributed by atoms with Crippen molar-refractivity contribution >= 4 is 40.9 Å². The molecule has 0 spiro atoms. The van der Waals surface area contributed by atoms with Crippen LogP contribution in [0, 0.1) is 0 Å². The lowest BCUT2D eigenvalue weighted by Crippen LogP contribution is -2.25. The molecule has 2 amide bonds. The van der Waals surface area contributed by atoms with E-state index < -0.39 is 0 Å². The lowest BCUT2D eigenvalue weighted by molar-refractivity contribution is 0.0951. The number of cyclic esters (lactones) is 1. The van der Waals surface area contributed by atoms with Gasteiger partial charge in [0.15, 0.2) is 0 Å². The van der Waals surface area contributed by atoms with Crippen LogP contribution >= 0.6 is 23.2 Å². The summed E-state index contributed by atoms with van der Waals surface area (Å²) in [5.74, 6) is -0.250. The molecule has 0 aliphatic carbocycles. The fourth-order valence-electron chi connectivity index (χ4n) is 2.38. The topological polar surface area (TPSA) is 58.6 Å². The molecular formula is C17H14Cl2N2O3. The number of carbonyl (C=O) groups excluding carboxylic acids is 2. The van der Waals surface area contributed by atoms with Crippen LogP contribution in [0.15, 0.2) is 42.5 Å². The standard InChI is InChI=1S/C17H14Cl2N2O3/c18-14-5-4-12(9-15(14)19)16(22)20-10-11-2-1-3-13(8-11)21-6-7-24-17(21)23/h1-5,8-9H,6-7,10H2,(H,20,22). The van der Waals surface area contributed by atoms with E-state index in [0.29, 0.717) is 35.3 Å². The van der Waals surface area contributed by atoms with Gasteiger partial charge in [-0.3, -0.25) is 9.69 Å². The van der Waals surface area contributed by atoms with Crippen molar-refractivity contribution in [3.05, 3.63) is 63.6 Å².